The van der Waals surface area contributed by atoms with Gasteiger partial charge in [-0.2, -0.15) is 0 Å². The molecule has 0 aromatic rings. The van der Waals surface area contributed by atoms with Crippen molar-refractivity contribution in [2.24, 2.45) is 11.8 Å². The summed E-state index contributed by atoms with van der Waals surface area (Å²) in [6.45, 7) is 4.44. The Kier molecular flexibility index (Phi) is 4.20. The summed E-state index contributed by atoms with van der Waals surface area (Å²) < 4.78 is 0. The third-order valence-electron chi connectivity index (χ3n) is 2.54. The molecule has 74 valence electrons. The smallest absolute Gasteiger partial charge is 0.133 e. The van der Waals surface area contributed by atoms with Crippen molar-refractivity contribution in [3.05, 3.63) is 12.2 Å². The molecular formula is C12H20O. The van der Waals surface area contributed by atoms with Crippen LogP contribution in [0.3, 0.4) is 0 Å². The SMILES string of the molecule is CC(C)C/C=C/C1CCCC(=O)C1. The summed E-state index contributed by atoms with van der Waals surface area (Å²) in [4.78, 5) is 11.1. The fraction of sp³-hybridized carbons (Fsp3) is 0.750. The molecule has 0 amide bonds. The van der Waals surface area contributed by atoms with Crippen LogP contribution in [-0.2, 0) is 4.79 Å². The number of hydrogen-bond donors (Lipinski definition) is 0. The van der Waals surface area contributed by atoms with E-state index in [1.54, 1.807) is 0 Å². The Morgan fingerprint density at radius 3 is 2.92 bits per heavy atom. The zero-order chi connectivity index (χ0) is 9.68. The summed E-state index contributed by atoms with van der Waals surface area (Å²) >= 11 is 0. The molecular weight excluding hydrogens is 160 g/mol. The van der Waals surface area contributed by atoms with Crippen LogP contribution < -0.4 is 0 Å². The van der Waals surface area contributed by atoms with Gasteiger partial charge in [0.05, 0.1) is 0 Å². The molecule has 1 aliphatic carbocycles. The molecule has 0 saturated heterocycles. The van der Waals surface area contributed by atoms with Gasteiger partial charge in [0.2, 0.25) is 0 Å². The minimum Gasteiger partial charge on any atom is -0.300 e. The van der Waals surface area contributed by atoms with Crippen molar-refractivity contribution >= 4 is 5.78 Å². The van der Waals surface area contributed by atoms with Gasteiger partial charge < -0.3 is 0 Å². The second kappa shape index (κ2) is 5.21. The Hall–Kier alpha value is -0.590. The molecule has 1 saturated carbocycles. The van der Waals surface area contributed by atoms with Gasteiger partial charge in [-0.05, 0) is 31.1 Å². The van der Waals surface area contributed by atoms with Crippen LogP contribution in [0.4, 0.5) is 0 Å². The monoisotopic (exact) mass is 180 g/mol. The van der Waals surface area contributed by atoms with Gasteiger partial charge in [-0.1, -0.05) is 26.0 Å². The first-order valence-electron chi connectivity index (χ1n) is 5.37. The standard InChI is InChI=1S/C12H20O/c1-10(2)5-3-6-11-7-4-8-12(13)9-11/h3,6,10-11H,4-5,7-9H2,1-2H3/b6-3+. The molecule has 1 nitrogen and oxygen atoms in total. The van der Waals surface area contributed by atoms with Gasteiger partial charge in [-0.15, -0.1) is 0 Å². The maximum atomic E-state index is 11.1. The lowest BCUT2D eigenvalue weighted by atomic mass is 9.88. The maximum absolute atomic E-state index is 11.1. The van der Waals surface area contributed by atoms with Crippen molar-refractivity contribution in [3.8, 4) is 0 Å². The maximum Gasteiger partial charge on any atom is 0.133 e. The van der Waals surface area contributed by atoms with E-state index in [0.29, 0.717) is 11.7 Å². The third kappa shape index (κ3) is 4.25. The van der Waals surface area contributed by atoms with Crippen LogP contribution in [0.2, 0.25) is 0 Å². The predicted molar refractivity (Wildman–Crippen MR) is 55.6 cm³/mol. The van der Waals surface area contributed by atoms with Crippen LogP contribution in [-0.4, -0.2) is 5.78 Å². The molecule has 0 aromatic heterocycles. The summed E-state index contributed by atoms with van der Waals surface area (Å²) in [7, 11) is 0. The second-order valence-corrected chi connectivity index (χ2v) is 4.45. The molecule has 1 aliphatic rings. The molecule has 1 unspecified atom stereocenters. The fourth-order valence-electron chi connectivity index (χ4n) is 1.77. The minimum absolute atomic E-state index is 0.449. The molecule has 0 N–H and O–H groups in total. The van der Waals surface area contributed by atoms with Crippen molar-refractivity contribution < 1.29 is 4.79 Å². The summed E-state index contributed by atoms with van der Waals surface area (Å²) in [6, 6.07) is 0. The molecule has 0 aliphatic heterocycles. The van der Waals surface area contributed by atoms with Gasteiger partial charge >= 0.3 is 0 Å². The summed E-state index contributed by atoms with van der Waals surface area (Å²) in [6.07, 6.45) is 9.54. The molecule has 1 atom stereocenters. The molecule has 1 rings (SSSR count). The van der Waals surface area contributed by atoms with E-state index in [1.807, 2.05) is 0 Å². The zero-order valence-corrected chi connectivity index (χ0v) is 8.75. The number of ketones is 1. The highest BCUT2D eigenvalue weighted by molar-refractivity contribution is 5.79. The average molecular weight is 180 g/mol. The first-order valence-corrected chi connectivity index (χ1v) is 5.37. The number of allylic oxidation sites excluding steroid dienone is 2. The van der Waals surface area contributed by atoms with E-state index in [2.05, 4.69) is 26.0 Å². The first-order chi connectivity index (χ1) is 6.18. The second-order valence-electron chi connectivity index (χ2n) is 4.45. The van der Waals surface area contributed by atoms with E-state index < -0.39 is 0 Å². The Morgan fingerprint density at radius 1 is 1.54 bits per heavy atom. The van der Waals surface area contributed by atoms with E-state index in [4.69, 9.17) is 0 Å². The Balaban J connectivity index is 2.27. The molecule has 0 aromatic carbocycles. The van der Waals surface area contributed by atoms with Crippen LogP contribution in [0.25, 0.3) is 0 Å². The zero-order valence-electron chi connectivity index (χ0n) is 8.75. The highest BCUT2D eigenvalue weighted by atomic mass is 16.1. The van der Waals surface area contributed by atoms with Crippen LogP contribution in [0.1, 0.15) is 46.0 Å². The van der Waals surface area contributed by atoms with Crippen molar-refractivity contribution in [2.45, 2.75) is 46.0 Å². The number of Topliss-reactive ketones (excluding diaryl/α,β-unsaturated/α-hetero) is 1. The van der Waals surface area contributed by atoms with Crippen molar-refractivity contribution in [1.82, 2.24) is 0 Å². The van der Waals surface area contributed by atoms with Crippen molar-refractivity contribution in [2.75, 3.05) is 0 Å². The number of hydrogen-bond acceptors (Lipinski definition) is 1. The van der Waals surface area contributed by atoms with E-state index in [0.717, 1.165) is 31.6 Å². The van der Waals surface area contributed by atoms with Crippen LogP contribution in [0, 0.1) is 11.8 Å². The lowest BCUT2D eigenvalue weighted by Gasteiger charge is -2.16. The van der Waals surface area contributed by atoms with E-state index >= 15 is 0 Å². The van der Waals surface area contributed by atoms with E-state index in [1.165, 1.54) is 6.42 Å². The largest absolute Gasteiger partial charge is 0.300 e. The van der Waals surface area contributed by atoms with Crippen molar-refractivity contribution in [1.29, 1.82) is 0 Å². The fourth-order valence-corrected chi connectivity index (χ4v) is 1.77. The highest BCUT2D eigenvalue weighted by Gasteiger charge is 2.16. The van der Waals surface area contributed by atoms with Gasteiger partial charge in [0.1, 0.15) is 5.78 Å². The average Bonchev–Trinajstić information content (AvgIpc) is 2.03. The molecule has 0 spiro atoms. The van der Waals surface area contributed by atoms with Gasteiger partial charge in [0.25, 0.3) is 0 Å². The summed E-state index contributed by atoms with van der Waals surface area (Å²) in [5, 5.41) is 0. The van der Waals surface area contributed by atoms with E-state index in [-0.39, 0.29) is 0 Å². The van der Waals surface area contributed by atoms with Gasteiger partial charge in [0.15, 0.2) is 0 Å². The summed E-state index contributed by atoms with van der Waals surface area (Å²) in [5.74, 6) is 1.72. The normalized spacial score (nSPS) is 24.5. The van der Waals surface area contributed by atoms with Gasteiger partial charge in [-0.3, -0.25) is 4.79 Å². The van der Waals surface area contributed by atoms with E-state index in [9.17, 15) is 4.79 Å². The number of rotatable bonds is 3. The van der Waals surface area contributed by atoms with Gasteiger partial charge in [-0.25, -0.2) is 0 Å². The summed E-state index contributed by atoms with van der Waals surface area (Å²) in [5.41, 5.74) is 0. The van der Waals surface area contributed by atoms with Crippen LogP contribution >= 0.6 is 0 Å². The van der Waals surface area contributed by atoms with Crippen LogP contribution in [0.5, 0.6) is 0 Å². The molecule has 0 bridgehead atoms. The Morgan fingerprint density at radius 2 is 2.31 bits per heavy atom. The number of carbonyl (C=O) groups excluding carboxylic acids is 1. The van der Waals surface area contributed by atoms with Crippen molar-refractivity contribution in [3.63, 3.8) is 0 Å². The lowest BCUT2D eigenvalue weighted by molar-refractivity contribution is -0.121. The quantitative estimate of drug-likeness (QED) is 0.609. The molecule has 0 radical (unpaired) electrons. The Labute approximate surface area is 81.2 Å². The highest BCUT2D eigenvalue weighted by Crippen LogP contribution is 2.22. The Bertz CT molecular complexity index is 191. The number of carbonyl (C=O) groups is 1. The minimum atomic E-state index is 0.449. The van der Waals surface area contributed by atoms with Crippen LogP contribution in [0.15, 0.2) is 12.2 Å². The van der Waals surface area contributed by atoms with Gasteiger partial charge in [0, 0.05) is 12.8 Å². The first kappa shape index (κ1) is 10.5. The molecule has 1 heteroatoms. The topological polar surface area (TPSA) is 17.1 Å². The predicted octanol–water partition coefficient (Wildman–Crippen LogP) is 3.35. The molecule has 0 heterocycles. The molecule has 1 fully saturated rings. The molecule has 13 heavy (non-hydrogen) atoms. The third-order valence-corrected chi connectivity index (χ3v) is 2.54. The lowest BCUT2D eigenvalue weighted by Crippen LogP contribution is -2.12.